The van der Waals surface area contributed by atoms with Crippen molar-refractivity contribution in [3.63, 3.8) is 0 Å². The molecule has 2 fully saturated rings. The second kappa shape index (κ2) is 13.9. The fourth-order valence-corrected chi connectivity index (χ4v) is 11.3. The lowest BCUT2D eigenvalue weighted by molar-refractivity contribution is -0.150. The summed E-state index contributed by atoms with van der Waals surface area (Å²) in [5.74, 6) is -1.53. The van der Waals surface area contributed by atoms with E-state index in [2.05, 4.69) is 27.7 Å². The predicted octanol–water partition coefficient (Wildman–Crippen LogP) is 7.59. The van der Waals surface area contributed by atoms with Gasteiger partial charge in [0.05, 0.1) is 18.3 Å². The summed E-state index contributed by atoms with van der Waals surface area (Å²) in [4.78, 5) is 40.2. The maximum Gasteiger partial charge on any atom is 0.331 e. The molecule has 0 amide bonds. The molecule has 0 saturated heterocycles. The number of allylic oxidation sites excluding steroid dienone is 1. The van der Waals surface area contributed by atoms with Gasteiger partial charge in [0.2, 0.25) is 0 Å². The van der Waals surface area contributed by atoms with E-state index in [9.17, 15) is 34.8 Å². The number of carbonyl (C=O) groups excluding carboxylic acids is 2. The van der Waals surface area contributed by atoms with E-state index in [-0.39, 0.29) is 41.3 Å². The van der Waals surface area contributed by atoms with Gasteiger partial charge in [-0.3, -0.25) is 9.59 Å². The largest absolute Gasteiger partial charge is 0.478 e. The van der Waals surface area contributed by atoms with Gasteiger partial charge in [-0.25, -0.2) is 4.79 Å². The Kier molecular flexibility index (Phi) is 10.7. The van der Waals surface area contributed by atoms with E-state index in [4.69, 9.17) is 0 Å². The van der Waals surface area contributed by atoms with E-state index in [1.54, 1.807) is 0 Å². The highest BCUT2D eigenvalue weighted by Gasteiger charge is 2.71. The number of carbonyl (C=O) groups is 3. The third-order valence-electron chi connectivity index (χ3n) is 14.0. The van der Waals surface area contributed by atoms with Crippen molar-refractivity contribution in [1.82, 2.24) is 0 Å². The van der Waals surface area contributed by atoms with Crippen LogP contribution in [0, 0.1) is 51.2 Å². The minimum absolute atomic E-state index is 0.0211. The summed E-state index contributed by atoms with van der Waals surface area (Å²) in [6.07, 6.45) is 6.38. The Morgan fingerprint density at radius 1 is 1.02 bits per heavy atom. The molecule has 0 heterocycles. The molecule has 0 spiro atoms. The molecule has 7 heteroatoms. The van der Waals surface area contributed by atoms with Crippen LogP contribution in [0.1, 0.15) is 112 Å². The first-order valence-electron chi connectivity index (χ1n) is 18.8. The predicted molar refractivity (Wildman–Crippen MR) is 196 cm³/mol. The molecule has 2 saturated carbocycles. The molecule has 7 nitrogen and oxygen atoms in total. The molecule has 1 aromatic rings. The molecular weight excluding hydrogens is 628 g/mol. The van der Waals surface area contributed by atoms with Crippen LogP contribution in [0.25, 0.3) is 6.08 Å². The number of ketones is 2. The Hall–Kier alpha value is -2.87. The van der Waals surface area contributed by atoms with E-state index in [1.165, 1.54) is 6.08 Å². The van der Waals surface area contributed by atoms with Gasteiger partial charge in [0.15, 0.2) is 5.78 Å². The summed E-state index contributed by atoms with van der Waals surface area (Å²) < 4.78 is 0. The first kappa shape index (κ1) is 38.4. The van der Waals surface area contributed by atoms with E-state index in [0.29, 0.717) is 49.2 Å². The van der Waals surface area contributed by atoms with Crippen LogP contribution >= 0.6 is 0 Å². The molecule has 0 bridgehead atoms. The molecule has 0 aromatic heterocycles. The molecular formula is C43H60O7. The molecule has 50 heavy (non-hydrogen) atoms. The van der Waals surface area contributed by atoms with Gasteiger partial charge >= 0.3 is 5.97 Å². The number of aliphatic hydroxyl groups excluding tert-OH is 3. The van der Waals surface area contributed by atoms with Crippen LogP contribution in [0.5, 0.6) is 0 Å². The Labute approximate surface area is 299 Å². The molecule has 1 aromatic carbocycles. The number of rotatable bonds is 11. The highest BCUT2D eigenvalue weighted by atomic mass is 16.4. The highest BCUT2D eigenvalue weighted by molar-refractivity contribution is 6.01. The van der Waals surface area contributed by atoms with E-state index in [1.807, 2.05) is 70.2 Å². The molecule has 5 rings (SSSR count). The van der Waals surface area contributed by atoms with Gasteiger partial charge in [0.1, 0.15) is 5.78 Å². The van der Waals surface area contributed by atoms with E-state index < -0.39 is 51.9 Å². The van der Waals surface area contributed by atoms with E-state index >= 15 is 0 Å². The summed E-state index contributed by atoms with van der Waals surface area (Å²) >= 11 is 0. The van der Waals surface area contributed by atoms with Gasteiger partial charge in [0, 0.05) is 46.2 Å². The van der Waals surface area contributed by atoms with Crippen LogP contribution in [0.3, 0.4) is 0 Å². The van der Waals surface area contributed by atoms with Gasteiger partial charge in [0.25, 0.3) is 0 Å². The van der Waals surface area contributed by atoms with Crippen LogP contribution in [0.15, 0.2) is 59.2 Å². The number of benzene rings is 1. The van der Waals surface area contributed by atoms with Crippen molar-refractivity contribution in [3.8, 4) is 0 Å². The Morgan fingerprint density at radius 2 is 1.68 bits per heavy atom. The maximum atomic E-state index is 14.7. The number of aliphatic carboxylic acids is 1. The van der Waals surface area contributed by atoms with Gasteiger partial charge < -0.3 is 20.4 Å². The molecule has 4 aliphatic carbocycles. The van der Waals surface area contributed by atoms with Gasteiger partial charge in [-0.15, -0.1) is 0 Å². The number of Topliss-reactive ketones (excluding diaryl/α,β-unsaturated/α-hetero) is 2. The lowest BCUT2D eigenvalue weighted by Crippen LogP contribution is -2.63. The third-order valence-corrected chi connectivity index (χ3v) is 14.0. The Bertz CT molecular complexity index is 1570. The molecule has 4 aliphatic rings. The molecule has 0 radical (unpaired) electrons. The number of carboxylic acids is 1. The van der Waals surface area contributed by atoms with Gasteiger partial charge in [-0.1, -0.05) is 104 Å². The lowest BCUT2D eigenvalue weighted by atomic mass is 9.40. The van der Waals surface area contributed by atoms with Crippen LogP contribution in [-0.2, 0) is 14.4 Å². The van der Waals surface area contributed by atoms with Crippen molar-refractivity contribution in [1.29, 1.82) is 0 Å². The number of aliphatic hydroxyl groups is 3. The topological polar surface area (TPSA) is 132 Å². The zero-order valence-corrected chi connectivity index (χ0v) is 31.4. The first-order chi connectivity index (χ1) is 23.3. The van der Waals surface area contributed by atoms with Crippen LogP contribution < -0.4 is 0 Å². The lowest BCUT2D eigenvalue weighted by Gasteiger charge is -2.63. The summed E-state index contributed by atoms with van der Waals surface area (Å²) in [7, 11) is 0. The van der Waals surface area contributed by atoms with Crippen LogP contribution in [0.2, 0.25) is 0 Å². The zero-order valence-electron chi connectivity index (χ0n) is 31.4. The third kappa shape index (κ3) is 6.30. The normalized spacial score (nSPS) is 36.7. The standard InChI is InChI=1S/C43H60O7/c1-25(2)13-12-16-28(39(49)50)22-29(44)21-26(3)31-23-34(47)43(8)36-35(32(45)24-42(31,43)7)41(6)20-19-33(46)40(4,5)38(41)30(37(36)48)18-17-27-14-10-9-11-15-27/h9-11,14-15,17-18,22,25-26,29-31,34,37-38,44,47-48H,12-13,16,19-21,23-24H2,1-8H3,(H,49,50)/t26-,29+,30+,31+,34+,37-,38+,41-,42-,43-/m1/s1. The summed E-state index contributed by atoms with van der Waals surface area (Å²) in [5.41, 5.74) is -0.679. The fraction of sp³-hybridized carbons (Fsp3) is 0.651. The number of fused-ring (bicyclic) bond motifs is 4. The quantitative estimate of drug-likeness (QED) is 0.176. The number of carboxylic acid groups (broad SMARTS) is 1. The average molecular weight is 689 g/mol. The summed E-state index contributed by atoms with van der Waals surface area (Å²) in [5, 5.41) is 45.8. The van der Waals surface area contributed by atoms with Crippen molar-refractivity contribution >= 4 is 23.6 Å². The minimum Gasteiger partial charge on any atom is -0.478 e. The summed E-state index contributed by atoms with van der Waals surface area (Å²) in [6, 6.07) is 9.86. The molecule has 10 atom stereocenters. The average Bonchev–Trinajstić information content (AvgIpc) is 3.24. The molecule has 0 aliphatic heterocycles. The first-order valence-corrected chi connectivity index (χ1v) is 18.8. The minimum atomic E-state index is -1.08. The fourth-order valence-electron chi connectivity index (χ4n) is 11.3. The maximum absolute atomic E-state index is 14.7. The molecule has 274 valence electrons. The van der Waals surface area contributed by atoms with Crippen LogP contribution in [0.4, 0.5) is 0 Å². The monoisotopic (exact) mass is 688 g/mol. The van der Waals surface area contributed by atoms with E-state index in [0.717, 1.165) is 18.4 Å². The van der Waals surface area contributed by atoms with Crippen LogP contribution in [-0.4, -0.2) is 56.3 Å². The molecule has 4 N–H and O–H groups in total. The van der Waals surface area contributed by atoms with Crippen molar-refractivity contribution in [2.45, 2.75) is 125 Å². The molecule has 0 unspecified atom stereocenters. The van der Waals surface area contributed by atoms with Crippen molar-refractivity contribution in [2.24, 2.45) is 51.2 Å². The SMILES string of the molecule is CC(C)CCCC(=C[C@@H](O)C[C@@H](C)[C@@H]1C[C@H](O)[C@]2(C)C3=C(C(=O)C[C@]12C)[C@@]1(C)CCC(=O)C(C)(C)[C@@H]1[C@@H](C=Cc1ccccc1)[C@H]3O)C(=O)O. The second-order valence-corrected chi connectivity index (χ2v) is 17.8. The van der Waals surface area contributed by atoms with Crippen molar-refractivity contribution in [3.05, 3.63) is 64.8 Å². The zero-order chi connectivity index (χ0) is 37.0. The number of hydrogen-bond acceptors (Lipinski definition) is 6. The van der Waals surface area contributed by atoms with Gasteiger partial charge in [-0.05, 0) is 78.4 Å². The Morgan fingerprint density at radius 3 is 2.30 bits per heavy atom. The number of hydrogen-bond donors (Lipinski definition) is 4. The van der Waals surface area contributed by atoms with Crippen molar-refractivity contribution in [2.75, 3.05) is 0 Å². The highest BCUT2D eigenvalue weighted by Crippen LogP contribution is 2.72. The smallest absolute Gasteiger partial charge is 0.331 e. The second-order valence-electron chi connectivity index (χ2n) is 17.8. The van der Waals surface area contributed by atoms with Crippen molar-refractivity contribution < 1.29 is 34.8 Å². The Balaban J connectivity index is 1.54. The summed E-state index contributed by atoms with van der Waals surface area (Å²) in [6.45, 7) is 16.3. The van der Waals surface area contributed by atoms with Gasteiger partial charge in [-0.2, -0.15) is 0 Å².